The van der Waals surface area contributed by atoms with E-state index in [0.29, 0.717) is 11.4 Å². The highest BCUT2D eigenvalue weighted by Gasteiger charge is 2.02. The van der Waals surface area contributed by atoms with Crippen LogP contribution in [-0.4, -0.2) is 30.9 Å². The van der Waals surface area contributed by atoms with Gasteiger partial charge in [-0.05, 0) is 12.1 Å². The molecule has 17 heavy (non-hydrogen) atoms. The van der Waals surface area contributed by atoms with Crippen molar-refractivity contribution < 1.29 is 19.5 Å². The average Bonchev–Trinajstić information content (AvgIpc) is 2.36. The number of methoxy groups -OCH3 is 1. The molecule has 1 aromatic carbocycles. The summed E-state index contributed by atoms with van der Waals surface area (Å²) in [5.74, 6) is 0.432. The summed E-state index contributed by atoms with van der Waals surface area (Å²) in [6.07, 6.45) is -0.571. The van der Waals surface area contributed by atoms with Gasteiger partial charge in [0.15, 0.2) is 5.84 Å². The standard InChI is InChI=1S/C10H13N3O4/c1-16-10(14)12-7-3-2-4-8(5-7)17-6-9(11)13-15/h2-5,15H,6H2,1H3,(H2,11,13)(H,12,14). The fraction of sp³-hybridized carbons (Fsp3) is 0.200. The van der Waals surface area contributed by atoms with Gasteiger partial charge in [-0.15, -0.1) is 0 Å². The van der Waals surface area contributed by atoms with Crippen LogP contribution in [-0.2, 0) is 4.74 Å². The van der Waals surface area contributed by atoms with Crippen molar-refractivity contribution in [2.24, 2.45) is 10.9 Å². The first kappa shape index (κ1) is 12.6. The summed E-state index contributed by atoms with van der Waals surface area (Å²) in [7, 11) is 1.27. The molecular formula is C10H13N3O4. The molecule has 0 saturated carbocycles. The number of nitrogens with one attached hydrogen (secondary N) is 1. The van der Waals surface area contributed by atoms with Gasteiger partial charge in [0.1, 0.15) is 12.4 Å². The lowest BCUT2D eigenvalue weighted by molar-refractivity contribution is 0.187. The Kier molecular flexibility index (Phi) is 4.61. The van der Waals surface area contributed by atoms with Gasteiger partial charge in [0.05, 0.1) is 7.11 Å². The van der Waals surface area contributed by atoms with E-state index < -0.39 is 6.09 Å². The molecule has 7 heteroatoms. The Morgan fingerprint density at radius 2 is 2.35 bits per heavy atom. The number of amidine groups is 1. The first-order valence-corrected chi connectivity index (χ1v) is 4.70. The molecule has 4 N–H and O–H groups in total. The Balaban J connectivity index is 2.62. The molecule has 0 aromatic heterocycles. The third-order valence-corrected chi connectivity index (χ3v) is 1.78. The minimum atomic E-state index is -0.571. The van der Waals surface area contributed by atoms with Crippen LogP contribution in [0.2, 0.25) is 0 Å². The lowest BCUT2D eigenvalue weighted by Crippen LogP contribution is -2.20. The van der Waals surface area contributed by atoms with Gasteiger partial charge >= 0.3 is 6.09 Å². The van der Waals surface area contributed by atoms with Crippen LogP contribution in [0.3, 0.4) is 0 Å². The van der Waals surface area contributed by atoms with E-state index in [1.165, 1.54) is 7.11 Å². The number of amides is 1. The maximum Gasteiger partial charge on any atom is 0.411 e. The summed E-state index contributed by atoms with van der Waals surface area (Å²) < 4.78 is 9.65. The van der Waals surface area contributed by atoms with Crippen LogP contribution < -0.4 is 15.8 Å². The van der Waals surface area contributed by atoms with Gasteiger partial charge in [0.2, 0.25) is 0 Å². The van der Waals surface area contributed by atoms with Gasteiger partial charge in [-0.1, -0.05) is 11.2 Å². The number of nitrogens with zero attached hydrogens (tertiary/aromatic N) is 1. The van der Waals surface area contributed by atoms with Crippen molar-refractivity contribution in [1.29, 1.82) is 0 Å². The zero-order chi connectivity index (χ0) is 12.7. The van der Waals surface area contributed by atoms with Crippen molar-refractivity contribution >= 4 is 17.6 Å². The quantitative estimate of drug-likeness (QED) is 0.314. The molecule has 0 bridgehead atoms. The number of hydrogen-bond donors (Lipinski definition) is 3. The molecule has 0 heterocycles. The van der Waals surface area contributed by atoms with E-state index in [0.717, 1.165) is 0 Å². The van der Waals surface area contributed by atoms with Crippen LogP contribution in [0.5, 0.6) is 5.75 Å². The number of nitrogens with two attached hydrogens (primary N) is 1. The van der Waals surface area contributed by atoms with E-state index in [1.54, 1.807) is 24.3 Å². The molecule has 1 rings (SSSR count). The van der Waals surface area contributed by atoms with E-state index in [2.05, 4.69) is 15.2 Å². The number of carbonyl (C=O) groups is 1. The zero-order valence-corrected chi connectivity index (χ0v) is 9.21. The molecular weight excluding hydrogens is 226 g/mol. The molecule has 0 saturated heterocycles. The van der Waals surface area contributed by atoms with Crippen LogP contribution in [0.4, 0.5) is 10.5 Å². The molecule has 0 unspecified atom stereocenters. The normalized spacial score (nSPS) is 10.8. The number of ether oxygens (including phenoxy) is 2. The average molecular weight is 239 g/mol. The maximum atomic E-state index is 11.0. The van der Waals surface area contributed by atoms with E-state index in [-0.39, 0.29) is 12.4 Å². The fourth-order valence-corrected chi connectivity index (χ4v) is 1.02. The van der Waals surface area contributed by atoms with Crippen molar-refractivity contribution in [2.75, 3.05) is 19.0 Å². The molecule has 0 atom stereocenters. The van der Waals surface area contributed by atoms with Crippen LogP contribution in [0.1, 0.15) is 0 Å². The molecule has 0 radical (unpaired) electrons. The number of rotatable bonds is 4. The van der Waals surface area contributed by atoms with Crippen LogP contribution >= 0.6 is 0 Å². The van der Waals surface area contributed by atoms with Gasteiger partial charge in [-0.25, -0.2) is 4.79 Å². The SMILES string of the molecule is COC(=O)Nc1cccc(OC/C(N)=N/O)c1. The van der Waals surface area contributed by atoms with Crippen molar-refractivity contribution in [3.63, 3.8) is 0 Å². The highest BCUT2D eigenvalue weighted by molar-refractivity contribution is 5.84. The number of anilines is 1. The molecule has 92 valence electrons. The van der Waals surface area contributed by atoms with Crippen LogP contribution in [0, 0.1) is 0 Å². The summed E-state index contributed by atoms with van der Waals surface area (Å²) in [5.41, 5.74) is 5.77. The summed E-state index contributed by atoms with van der Waals surface area (Å²) in [4.78, 5) is 11.0. The van der Waals surface area contributed by atoms with E-state index in [4.69, 9.17) is 15.7 Å². The summed E-state index contributed by atoms with van der Waals surface area (Å²) in [5, 5.41) is 13.6. The van der Waals surface area contributed by atoms with Crippen molar-refractivity contribution in [3.05, 3.63) is 24.3 Å². The number of carbonyl (C=O) groups excluding carboxylic acids is 1. The molecule has 0 aliphatic carbocycles. The highest BCUT2D eigenvalue weighted by Crippen LogP contribution is 2.17. The second-order valence-corrected chi connectivity index (χ2v) is 3.02. The summed E-state index contributed by atoms with van der Waals surface area (Å²) in [6.45, 7) is -0.0435. The van der Waals surface area contributed by atoms with Gasteiger partial charge in [0.25, 0.3) is 0 Å². The van der Waals surface area contributed by atoms with Gasteiger partial charge < -0.3 is 20.4 Å². The second kappa shape index (κ2) is 6.21. The van der Waals surface area contributed by atoms with Gasteiger partial charge in [0, 0.05) is 11.8 Å². The fourth-order valence-electron chi connectivity index (χ4n) is 1.02. The predicted octanol–water partition coefficient (Wildman–Crippen LogP) is 0.990. The monoisotopic (exact) mass is 239 g/mol. The molecule has 0 fully saturated rings. The predicted molar refractivity (Wildman–Crippen MR) is 61.4 cm³/mol. The lowest BCUT2D eigenvalue weighted by atomic mass is 10.3. The Morgan fingerprint density at radius 3 is 3.00 bits per heavy atom. The summed E-state index contributed by atoms with van der Waals surface area (Å²) >= 11 is 0. The zero-order valence-electron chi connectivity index (χ0n) is 9.21. The van der Waals surface area contributed by atoms with Gasteiger partial charge in [-0.2, -0.15) is 0 Å². The van der Waals surface area contributed by atoms with Crippen LogP contribution in [0.25, 0.3) is 0 Å². The van der Waals surface area contributed by atoms with Crippen molar-refractivity contribution in [2.45, 2.75) is 0 Å². The number of oxime groups is 1. The molecule has 0 spiro atoms. The van der Waals surface area contributed by atoms with E-state index in [9.17, 15) is 4.79 Å². The Labute approximate surface area is 97.8 Å². The van der Waals surface area contributed by atoms with E-state index >= 15 is 0 Å². The second-order valence-electron chi connectivity index (χ2n) is 3.02. The highest BCUT2D eigenvalue weighted by atomic mass is 16.5. The first-order valence-electron chi connectivity index (χ1n) is 4.70. The number of benzene rings is 1. The van der Waals surface area contributed by atoms with Crippen LogP contribution in [0.15, 0.2) is 29.4 Å². The Morgan fingerprint density at radius 1 is 1.59 bits per heavy atom. The first-order chi connectivity index (χ1) is 8.15. The number of hydrogen-bond acceptors (Lipinski definition) is 5. The van der Waals surface area contributed by atoms with E-state index in [1.807, 2.05) is 0 Å². The maximum absolute atomic E-state index is 11.0. The molecule has 1 amide bonds. The Hall–Kier alpha value is -2.44. The third-order valence-electron chi connectivity index (χ3n) is 1.78. The Bertz CT molecular complexity index is 420. The molecule has 0 aliphatic rings. The topological polar surface area (TPSA) is 106 Å². The van der Waals surface area contributed by atoms with Crippen molar-refractivity contribution in [3.8, 4) is 5.75 Å². The molecule has 0 aliphatic heterocycles. The molecule has 1 aromatic rings. The summed E-state index contributed by atoms with van der Waals surface area (Å²) in [6, 6.07) is 6.62. The minimum absolute atomic E-state index is 0.0435. The minimum Gasteiger partial charge on any atom is -0.485 e. The largest absolute Gasteiger partial charge is 0.485 e. The third kappa shape index (κ3) is 4.29. The lowest BCUT2D eigenvalue weighted by Gasteiger charge is -2.07. The molecule has 7 nitrogen and oxygen atoms in total. The van der Waals surface area contributed by atoms with Crippen molar-refractivity contribution in [1.82, 2.24) is 0 Å². The van der Waals surface area contributed by atoms with Gasteiger partial charge in [-0.3, -0.25) is 5.32 Å². The smallest absolute Gasteiger partial charge is 0.411 e.